The van der Waals surface area contributed by atoms with Crippen LogP contribution in [0, 0.1) is 0 Å². The summed E-state index contributed by atoms with van der Waals surface area (Å²) >= 11 is 0. The number of ether oxygens (including phenoxy) is 2. The van der Waals surface area contributed by atoms with E-state index in [9.17, 15) is 0 Å². The summed E-state index contributed by atoms with van der Waals surface area (Å²) in [5.41, 5.74) is 10.0. The fraction of sp³-hybridized carbons (Fsp3) is 0.531. The minimum atomic E-state index is 0.0995. The van der Waals surface area contributed by atoms with Crippen molar-refractivity contribution in [1.82, 2.24) is 24.8 Å². The van der Waals surface area contributed by atoms with Gasteiger partial charge in [-0.1, -0.05) is 6.07 Å². The van der Waals surface area contributed by atoms with Crippen LogP contribution in [0.1, 0.15) is 31.4 Å². The highest BCUT2D eigenvalue weighted by molar-refractivity contribution is 5.73. The van der Waals surface area contributed by atoms with Crippen LogP contribution in [0.25, 0.3) is 11.4 Å². The molecule has 5 heterocycles. The van der Waals surface area contributed by atoms with Crippen LogP contribution in [-0.4, -0.2) is 103 Å². The van der Waals surface area contributed by atoms with E-state index in [-0.39, 0.29) is 19.4 Å². The van der Waals surface area contributed by atoms with Gasteiger partial charge in [0.25, 0.3) is 0 Å². The van der Waals surface area contributed by atoms with Crippen molar-refractivity contribution in [1.29, 1.82) is 0 Å². The normalized spacial score (nSPS) is 19.4. The summed E-state index contributed by atoms with van der Waals surface area (Å²) in [6, 6.07) is 15.4. The molecule has 0 spiro atoms. The lowest BCUT2D eigenvalue weighted by molar-refractivity contribution is 0.0904. The van der Waals surface area contributed by atoms with Gasteiger partial charge in [0.15, 0.2) is 11.6 Å². The molecule has 3 aromatic rings. The van der Waals surface area contributed by atoms with Gasteiger partial charge >= 0.3 is 0 Å². The van der Waals surface area contributed by atoms with E-state index >= 15 is 0 Å². The van der Waals surface area contributed by atoms with Crippen molar-refractivity contribution in [2.45, 2.75) is 44.4 Å². The molecule has 0 aliphatic carbocycles. The molecule has 11 nitrogen and oxygen atoms in total. The number of likely N-dealkylation sites (N-methyl/N-ethyl adjacent to an activating group) is 1. The van der Waals surface area contributed by atoms with E-state index in [1.165, 1.54) is 44.7 Å². The molecule has 3 aliphatic heterocycles. The van der Waals surface area contributed by atoms with E-state index in [1.54, 1.807) is 6.20 Å². The standard InChI is InChI=1S/C32H45N9O2/c1-39-16-18-41(19-17-39)27-9-14-40(15-10-27)26-7-5-24(6-8-26)35-31-29(22-43-23-33)37-30(28-4-2-3-13-34-28)32(38-31)36-25-11-20-42-21-12-25/h2-8,13,25,27H,9-12,14-23,33H2,1H3,(H2,35,36,38). The Bertz CT molecular complexity index is 1290. The molecule has 43 heavy (non-hydrogen) atoms. The molecule has 4 N–H and O–H groups in total. The van der Waals surface area contributed by atoms with Gasteiger partial charge in [-0.25, -0.2) is 9.97 Å². The molecule has 230 valence electrons. The van der Waals surface area contributed by atoms with E-state index < -0.39 is 0 Å². The quantitative estimate of drug-likeness (QED) is 0.303. The third-order valence-electron chi connectivity index (χ3n) is 8.81. The highest BCUT2D eigenvalue weighted by Gasteiger charge is 2.27. The molecule has 3 saturated heterocycles. The van der Waals surface area contributed by atoms with Crippen LogP contribution in [0.4, 0.5) is 23.0 Å². The van der Waals surface area contributed by atoms with Crippen LogP contribution in [0.3, 0.4) is 0 Å². The zero-order valence-corrected chi connectivity index (χ0v) is 25.3. The van der Waals surface area contributed by atoms with Crippen molar-refractivity contribution in [3.05, 3.63) is 54.4 Å². The van der Waals surface area contributed by atoms with E-state index in [0.29, 0.717) is 29.1 Å². The Hall–Kier alpha value is -3.35. The molecule has 6 rings (SSSR count). The van der Waals surface area contributed by atoms with Gasteiger partial charge in [0.1, 0.15) is 11.4 Å². The van der Waals surface area contributed by atoms with Gasteiger partial charge < -0.3 is 35.6 Å². The minimum Gasteiger partial charge on any atom is -0.381 e. The third-order valence-corrected chi connectivity index (χ3v) is 8.81. The third kappa shape index (κ3) is 7.60. The highest BCUT2D eigenvalue weighted by atomic mass is 16.5. The molecular formula is C32H45N9O2. The Morgan fingerprint density at radius 1 is 0.907 bits per heavy atom. The first-order valence-electron chi connectivity index (χ1n) is 15.7. The number of rotatable bonds is 10. The van der Waals surface area contributed by atoms with Crippen molar-refractivity contribution in [2.75, 3.05) is 81.8 Å². The smallest absolute Gasteiger partial charge is 0.157 e. The predicted molar refractivity (Wildman–Crippen MR) is 171 cm³/mol. The molecule has 2 aromatic heterocycles. The van der Waals surface area contributed by atoms with E-state index in [4.69, 9.17) is 25.2 Å². The zero-order chi connectivity index (χ0) is 29.4. The van der Waals surface area contributed by atoms with Gasteiger partial charge in [-0.3, -0.25) is 9.88 Å². The number of anilines is 4. The first-order chi connectivity index (χ1) is 21.2. The molecule has 3 aliphatic rings. The highest BCUT2D eigenvalue weighted by Crippen LogP contribution is 2.31. The maximum Gasteiger partial charge on any atom is 0.157 e. The number of nitrogens with one attached hydrogen (secondary N) is 2. The molecule has 11 heteroatoms. The molecule has 0 atom stereocenters. The molecule has 3 fully saturated rings. The Morgan fingerprint density at radius 3 is 2.37 bits per heavy atom. The summed E-state index contributed by atoms with van der Waals surface area (Å²) in [6.45, 7) is 8.73. The number of nitrogens with two attached hydrogens (primary N) is 1. The van der Waals surface area contributed by atoms with Crippen molar-refractivity contribution in [2.24, 2.45) is 5.73 Å². The molecular weight excluding hydrogens is 542 g/mol. The topological polar surface area (TPSA) is 117 Å². The number of pyridine rings is 1. The summed E-state index contributed by atoms with van der Waals surface area (Å²) in [5, 5.41) is 7.14. The second-order valence-electron chi connectivity index (χ2n) is 11.7. The Morgan fingerprint density at radius 2 is 1.67 bits per heavy atom. The van der Waals surface area contributed by atoms with E-state index in [2.05, 4.69) is 61.6 Å². The lowest BCUT2D eigenvalue weighted by Gasteiger charge is -2.42. The molecule has 0 amide bonds. The number of hydrogen-bond donors (Lipinski definition) is 3. The van der Waals surface area contributed by atoms with Crippen molar-refractivity contribution in [3.63, 3.8) is 0 Å². The van der Waals surface area contributed by atoms with Crippen molar-refractivity contribution < 1.29 is 9.47 Å². The Balaban J connectivity index is 1.18. The average molecular weight is 588 g/mol. The maximum atomic E-state index is 5.69. The monoisotopic (exact) mass is 587 g/mol. The summed E-state index contributed by atoms with van der Waals surface area (Å²) in [7, 11) is 2.22. The molecule has 0 bridgehead atoms. The summed E-state index contributed by atoms with van der Waals surface area (Å²) in [6.07, 6.45) is 6.04. The fourth-order valence-corrected chi connectivity index (χ4v) is 6.21. The van der Waals surface area contributed by atoms with Crippen molar-refractivity contribution >= 4 is 23.0 Å². The van der Waals surface area contributed by atoms with Gasteiger partial charge in [-0.2, -0.15) is 0 Å². The molecule has 1 aromatic carbocycles. The predicted octanol–water partition coefficient (Wildman–Crippen LogP) is 3.52. The summed E-state index contributed by atoms with van der Waals surface area (Å²) in [5.74, 6) is 1.34. The molecule has 0 radical (unpaired) electrons. The van der Waals surface area contributed by atoms with E-state index in [1.807, 2.05) is 18.2 Å². The molecule has 0 saturated carbocycles. The van der Waals surface area contributed by atoms with Gasteiger partial charge in [-0.15, -0.1) is 0 Å². The number of aromatic nitrogens is 3. The molecule has 0 unspecified atom stereocenters. The largest absolute Gasteiger partial charge is 0.381 e. The SMILES string of the molecule is CN1CCN(C2CCN(c3ccc(Nc4nc(NC5CCOCC5)c(-c5ccccn5)nc4COCN)cc3)CC2)CC1. The summed E-state index contributed by atoms with van der Waals surface area (Å²) < 4.78 is 11.2. The minimum absolute atomic E-state index is 0.0995. The lowest BCUT2D eigenvalue weighted by atomic mass is 10.0. The van der Waals surface area contributed by atoms with Crippen LogP contribution in [-0.2, 0) is 16.1 Å². The van der Waals surface area contributed by atoms with Crippen molar-refractivity contribution in [3.8, 4) is 11.4 Å². The lowest BCUT2D eigenvalue weighted by Crippen LogP contribution is -2.52. The zero-order valence-electron chi connectivity index (χ0n) is 25.3. The number of hydrogen-bond acceptors (Lipinski definition) is 11. The maximum absolute atomic E-state index is 5.69. The van der Waals surface area contributed by atoms with Gasteiger partial charge in [0, 0.05) is 82.1 Å². The first-order valence-corrected chi connectivity index (χ1v) is 15.7. The van der Waals surface area contributed by atoms with Crippen LogP contribution < -0.4 is 21.3 Å². The van der Waals surface area contributed by atoms with Crippen LogP contribution in [0.2, 0.25) is 0 Å². The Kier molecular flexibility index (Phi) is 9.96. The number of benzene rings is 1. The van der Waals surface area contributed by atoms with Gasteiger partial charge in [0.05, 0.1) is 19.0 Å². The van der Waals surface area contributed by atoms with Crippen LogP contribution in [0.5, 0.6) is 0 Å². The average Bonchev–Trinajstić information content (AvgIpc) is 3.06. The van der Waals surface area contributed by atoms with Gasteiger partial charge in [0.2, 0.25) is 0 Å². The second kappa shape index (κ2) is 14.4. The second-order valence-corrected chi connectivity index (χ2v) is 11.7. The Labute approximate surface area is 254 Å². The van der Waals surface area contributed by atoms with Crippen LogP contribution in [0.15, 0.2) is 48.7 Å². The number of piperazine rings is 1. The number of nitrogens with zero attached hydrogens (tertiary/aromatic N) is 6. The van der Waals surface area contributed by atoms with Gasteiger partial charge in [-0.05, 0) is 69.1 Å². The number of piperidine rings is 1. The van der Waals surface area contributed by atoms with E-state index in [0.717, 1.165) is 50.5 Å². The van der Waals surface area contributed by atoms with Crippen LogP contribution >= 0.6 is 0 Å². The first kappa shape index (κ1) is 29.7. The fourth-order valence-electron chi connectivity index (χ4n) is 6.21. The summed E-state index contributed by atoms with van der Waals surface area (Å²) in [4.78, 5) is 22.3.